The molecule has 4 aromatic rings. The number of carbonyl (C=O) groups is 1. The molecule has 0 aliphatic rings. The van der Waals surface area contributed by atoms with E-state index in [4.69, 9.17) is 4.74 Å². The zero-order chi connectivity index (χ0) is 15.8. The molecule has 2 aromatic heterocycles. The van der Waals surface area contributed by atoms with E-state index in [-0.39, 0.29) is 5.78 Å². The molecule has 0 saturated carbocycles. The van der Waals surface area contributed by atoms with Gasteiger partial charge >= 0.3 is 0 Å². The molecule has 0 amide bonds. The van der Waals surface area contributed by atoms with Crippen LogP contribution in [0.5, 0.6) is 5.75 Å². The number of fused-ring (bicyclic) bond motifs is 2. The molecule has 0 radical (unpaired) electrons. The molecule has 0 atom stereocenters. The lowest BCUT2D eigenvalue weighted by Gasteiger charge is -2.04. The van der Waals surface area contributed by atoms with E-state index < -0.39 is 0 Å². The Hall–Kier alpha value is -2.72. The third-order valence-electron chi connectivity index (χ3n) is 3.87. The van der Waals surface area contributed by atoms with Gasteiger partial charge in [-0.25, -0.2) is 4.98 Å². The first kappa shape index (κ1) is 13.9. The highest BCUT2D eigenvalue weighted by Gasteiger charge is 2.17. The van der Waals surface area contributed by atoms with Crippen molar-refractivity contribution in [3.63, 3.8) is 0 Å². The Labute approximate surface area is 137 Å². The van der Waals surface area contributed by atoms with Gasteiger partial charge in [0.25, 0.3) is 0 Å². The van der Waals surface area contributed by atoms with Gasteiger partial charge in [0.05, 0.1) is 17.4 Å². The van der Waals surface area contributed by atoms with Crippen LogP contribution in [0.3, 0.4) is 0 Å². The molecule has 23 heavy (non-hydrogen) atoms. The number of carbonyl (C=O) groups excluding carboxylic acids is 1. The highest BCUT2D eigenvalue weighted by Crippen LogP contribution is 2.33. The van der Waals surface area contributed by atoms with Crippen molar-refractivity contribution in [3.8, 4) is 5.75 Å². The van der Waals surface area contributed by atoms with Crippen molar-refractivity contribution < 1.29 is 9.53 Å². The summed E-state index contributed by atoms with van der Waals surface area (Å²) in [5.41, 5.74) is 0.716. The van der Waals surface area contributed by atoms with E-state index in [1.807, 2.05) is 48.5 Å². The number of hydrogen-bond donors (Lipinski definition) is 0. The van der Waals surface area contributed by atoms with Crippen molar-refractivity contribution in [1.82, 2.24) is 4.98 Å². The lowest BCUT2D eigenvalue weighted by atomic mass is 10.0. The minimum atomic E-state index is 0.0202. The maximum absolute atomic E-state index is 13.0. The number of ketones is 1. The zero-order valence-corrected chi connectivity index (χ0v) is 13.3. The third-order valence-corrected chi connectivity index (χ3v) is 4.92. The molecule has 2 aromatic carbocycles. The third kappa shape index (κ3) is 2.28. The Morgan fingerprint density at radius 2 is 1.87 bits per heavy atom. The second kappa shape index (κ2) is 5.48. The molecular weight excluding hydrogens is 306 g/mol. The monoisotopic (exact) mass is 319 g/mol. The van der Waals surface area contributed by atoms with Gasteiger partial charge in [-0.15, -0.1) is 11.3 Å². The van der Waals surface area contributed by atoms with Crippen molar-refractivity contribution >= 4 is 38.1 Å². The van der Waals surface area contributed by atoms with Crippen LogP contribution in [-0.2, 0) is 0 Å². The summed E-state index contributed by atoms with van der Waals surface area (Å²) in [5, 5.41) is 2.91. The lowest BCUT2D eigenvalue weighted by molar-refractivity contribution is 0.104. The molecule has 0 saturated heterocycles. The number of pyridine rings is 1. The predicted octanol–water partition coefficient (Wildman–Crippen LogP) is 4.69. The molecule has 4 heteroatoms. The lowest BCUT2D eigenvalue weighted by Crippen LogP contribution is -1.99. The van der Waals surface area contributed by atoms with Crippen molar-refractivity contribution in [2.75, 3.05) is 7.11 Å². The number of ether oxygens (including phenoxy) is 1. The summed E-state index contributed by atoms with van der Waals surface area (Å²) in [6.45, 7) is 0. The van der Waals surface area contributed by atoms with Crippen LogP contribution in [-0.4, -0.2) is 17.9 Å². The van der Waals surface area contributed by atoms with Gasteiger partial charge in [-0.2, -0.15) is 0 Å². The zero-order valence-electron chi connectivity index (χ0n) is 12.4. The smallest absolute Gasteiger partial charge is 0.203 e. The second-order valence-electron chi connectivity index (χ2n) is 5.20. The van der Waals surface area contributed by atoms with Crippen LogP contribution in [0.4, 0.5) is 0 Å². The van der Waals surface area contributed by atoms with Gasteiger partial charge in [-0.3, -0.25) is 4.79 Å². The molecule has 0 fully saturated rings. The predicted molar refractivity (Wildman–Crippen MR) is 93.6 cm³/mol. The number of nitrogens with zero attached hydrogens (tertiary/aromatic N) is 1. The maximum Gasteiger partial charge on any atom is 0.203 e. The van der Waals surface area contributed by atoms with Gasteiger partial charge in [0, 0.05) is 11.8 Å². The van der Waals surface area contributed by atoms with E-state index >= 15 is 0 Å². The summed E-state index contributed by atoms with van der Waals surface area (Å²) in [6.07, 6.45) is 1.70. The van der Waals surface area contributed by atoms with Crippen LogP contribution in [0.1, 0.15) is 15.2 Å². The van der Waals surface area contributed by atoms with Crippen molar-refractivity contribution in [1.29, 1.82) is 0 Å². The average Bonchev–Trinajstić information content (AvgIpc) is 3.04. The Balaban J connectivity index is 1.88. The first-order chi connectivity index (χ1) is 11.3. The summed E-state index contributed by atoms with van der Waals surface area (Å²) >= 11 is 1.40. The summed E-state index contributed by atoms with van der Waals surface area (Å²) < 4.78 is 5.35. The number of thiophene rings is 1. The van der Waals surface area contributed by atoms with E-state index in [1.54, 1.807) is 19.4 Å². The number of methoxy groups -OCH3 is 1. The second-order valence-corrected chi connectivity index (χ2v) is 6.23. The molecule has 0 aliphatic carbocycles. The Kier molecular flexibility index (Phi) is 3.32. The summed E-state index contributed by atoms with van der Waals surface area (Å²) in [5.74, 6) is 0.759. The fourth-order valence-electron chi connectivity index (χ4n) is 2.76. The summed E-state index contributed by atoms with van der Waals surface area (Å²) in [6, 6.07) is 17.4. The molecule has 0 aliphatic heterocycles. The molecular formula is C19H13NO2S. The van der Waals surface area contributed by atoms with Gasteiger partial charge in [0.15, 0.2) is 0 Å². The molecule has 0 unspecified atom stereocenters. The fourth-order valence-corrected chi connectivity index (χ4v) is 3.73. The normalized spacial score (nSPS) is 11.0. The molecule has 2 heterocycles. The maximum atomic E-state index is 13.0. The van der Waals surface area contributed by atoms with Crippen LogP contribution in [0.25, 0.3) is 21.0 Å². The number of aromatic nitrogens is 1. The highest BCUT2D eigenvalue weighted by molar-refractivity contribution is 7.20. The SMILES string of the molecule is COc1ccnc2sc(C(=O)c3cccc4ccccc34)cc12. The van der Waals surface area contributed by atoms with Gasteiger partial charge in [-0.1, -0.05) is 42.5 Å². The molecule has 0 spiro atoms. The standard InChI is InChI=1S/C19H13NO2S/c1-22-16-9-10-20-19-15(16)11-17(23-19)18(21)14-8-4-6-12-5-2-3-7-13(12)14/h2-11H,1H3. The van der Waals surface area contributed by atoms with E-state index in [9.17, 15) is 4.79 Å². The van der Waals surface area contributed by atoms with Crippen molar-refractivity contribution in [2.45, 2.75) is 0 Å². The largest absolute Gasteiger partial charge is 0.496 e. The first-order valence-corrected chi connectivity index (χ1v) is 8.04. The molecule has 112 valence electrons. The minimum absolute atomic E-state index is 0.0202. The van der Waals surface area contributed by atoms with E-state index in [0.717, 1.165) is 26.7 Å². The van der Waals surface area contributed by atoms with Crippen LogP contribution in [0.2, 0.25) is 0 Å². The highest BCUT2D eigenvalue weighted by atomic mass is 32.1. The van der Waals surface area contributed by atoms with E-state index in [0.29, 0.717) is 10.4 Å². The van der Waals surface area contributed by atoms with E-state index in [2.05, 4.69) is 4.98 Å². The fraction of sp³-hybridized carbons (Fsp3) is 0.0526. The van der Waals surface area contributed by atoms with Gasteiger partial charge in [0.2, 0.25) is 5.78 Å². The molecule has 4 rings (SSSR count). The Morgan fingerprint density at radius 1 is 1.04 bits per heavy atom. The minimum Gasteiger partial charge on any atom is -0.496 e. The quantitative estimate of drug-likeness (QED) is 0.514. The number of hydrogen-bond acceptors (Lipinski definition) is 4. The topological polar surface area (TPSA) is 39.2 Å². The average molecular weight is 319 g/mol. The Bertz CT molecular complexity index is 1030. The first-order valence-electron chi connectivity index (χ1n) is 7.23. The van der Waals surface area contributed by atoms with Crippen LogP contribution in [0.15, 0.2) is 60.8 Å². The number of benzene rings is 2. The molecule has 0 N–H and O–H groups in total. The summed E-state index contributed by atoms with van der Waals surface area (Å²) in [7, 11) is 1.62. The van der Waals surface area contributed by atoms with Gasteiger partial charge < -0.3 is 4.74 Å². The molecule has 3 nitrogen and oxygen atoms in total. The Morgan fingerprint density at radius 3 is 2.74 bits per heavy atom. The molecule has 0 bridgehead atoms. The van der Waals surface area contributed by atoms with Gasteiger partial charge in [-0.05, 0) is 22.9 Å². The van der Waals surface area contributed by atoms with Crippen molar-refractivity contribution in [3.05, 3.63) is 71.2 Å². The van der Waals surface area contributed by atoms with E-state index in [1.165, 1.54) is 11.3 Å². The van der Waals surface area contributed by atoms with Crippen LogP contribution < -0.4 is 4.74 Å². The number of rotatable bonds is 3. The summed E-state index contributed by atoms with van der Waals surface area (Å²) in [4.78, 5) is 18.8. The van der Waals surface area contributed by atoms with Gasteiger partial charge in [0.1, 0.15) is 10.6 Å². The van der Waals surface area contributed by atoms with Crippen molar-refractivity contribution in [2.24, 2.45) is 0 Å². The van der Waals surface area contributed by atoms with Crippen LogP contribution in [0, 0.1) is 0 Å². The van der Waals surface area contributed by atoms with Crippen LogP contribution >= 0.6 is 11.3 Å².